The minimum absolute atomic E-state index is 0.0298. The Morgan fingerprint density at radius 3 is 2.94 bits per heavy atom. The van der Waals surface area contributed by atoms with Crippen molar-refractivity contribution in [1.29, 1.82) is 0 Å². The third kappa shape index (κ3) is 4.28. The molecule has 0 aliphatic heterocycles. The molecule has 1 rings (SSSR count). The second-order valence-electron chi connectivity index (χ2n) is 3.57. The Morgan fingerprint density at radius 2 is 2.31 bits per heavy atom. The van der Waals surface area contributed by atoms with Crippen molar-refractivity contribution >= 4 is 21.8 Å². The van der Waals surface area contributed by atoms with E-state index in [1.54, 1.807) is 19.1 Å². The third-order valence-corrected chi connectivity index (χ3v) is 2.45. The Bertz CT molecular complexity index is 382. The highest BCUT2D eigenvalue weighted by atomic mass is 79.9. The summed E-state index contributed by atoms with van der Waals surface area (Å²) >= 11 is 3.21. The summed E-state index contributed by atoms with van der Waals surface area (Å²) in [6.45, 7) is 1.74. The lowest BCUT2D eigenvalue weighted by atomic mass is 10.1. The van der Waals surface area contributed by atoms with Gasteiger partial charge in [-0.25, -0.2) is 4.39 Å². The minimum Gasteiger partial charge on any atom is -0.392 e. The van der Waals surface area contributed by atoms with E-state index in [0.29, 0.717) is 5.56 Å². The molecule has 0 aliphatic carbocycles. The van der Waals surface area contributed by atoms with Gasteiger partial charge in [0.25, 0.3) is 0 Å². The van der Waals surface area contributed by atoms with Crippen molar-refractivity contribution in [3.05, 3.63) is 34.1 Å². The summed E-state index contributed by atoms with van der Waals surface area (Å²) in [4.78, 5) is 11.4. The number of hydrogen-bond donors (Lipinski definition) is 2. The molecule has 88 valence electrons. The molecule has 1 aromatic rings. The van der Waals surface area contributed by atoms with Crippen LogP contribution in [-0.2, 0) is 11.2 Å². The van der Waals surface area contributed by atoms with Gasteiger partial charge in [-0.2, -0.15) is 0 Å². The topological polar surface area (TPSA) is 49.3 Å². The molecular formula is C11H13BrFNO2. The van der Waals surface area contributed by atoms with Gasteiger partial charge < -0.3 is 10.4 Å². The highest BCUT2D eigenvalue weighted by Gasteiger charge is 2.09. The Hall–Kier alpha value is -0.940. The first kappa shape index (κ1) is 13.1. The first-order valence-electron chi connectivity index (χ1n) is 4.87. The summed E-state index contributed by atoms with van der Waals surface area (Å²) in [6.07, 6.45) is -0.630. The predicted octanol–water partition coefficient (Wildman–Crippen LogP) is 1.63. The van der Waals surface area contributed by atoms with Gasteiger partial charge in [0.2, 0.25) is 5.91 Å². The van der Waals surface area contributed by atoms with Crippen LogP contribution in [0.25, 0.3) is 0 Å². The van der Waals surface area contributed by atoms with Crippen molar-refractivity contribution < 1.29 is 14.3 Å². The summed E-state index contributed by atoms with van der Waals surface area (Å²) in [5.41, 5.74) is 0.331. The summed E-state index contributed by atoms with van der Waals surface area (Å²) in [7, 11) is 0. The summed E-state index contributed by atoms with van der Waals surface area (Å²) < 4.78 is 14.0. The van der Waals surface area contributed by atoms with E-state index in [1.807, 2.05) is 0 Å². The van der Waals surface area contributed by atoms with Gasteiger partial charge in [-0.3, -0.25) is 4.79 Å². The zero-order chi connectivity index (χ0) is 12.1. The van der Waals surface area contributed by atoms with Crippen LogP contribution >= 0.6 is 15.9 Å². The van der Waals surface area contributed by atoms with Gasteiger partial charge in [0.15, 0.2) is 0 Å². The molecule has 0 aromatic heterocycles. The fourth-order valence-electron chi connectivity index (χ4n) is 1.18. The van der Waals surface area contributed by atoms with Gasteiger partial charge in [-0.15, -0.1) is 0 Å². The number of benzene rings is 1. The second kappa shape index (κ2) is 5.96. The molecule has 0 radical (unpaired) electrons. The van der Waals surface area contributed by atoms with Crippen molar-refractivity contribution in [1.82, 2.24) is 5.32 Å². The third-order valence-electron chi connectivity index (χ3n) is 1.95. The van der Waals surface area contributed by atoms with Crippen LogP contribution in [-0.4, -0.2) is 23.7 Å². The molecule has 3 nitrogen and oxygen atoms in total. The average Bonchev–Trinajstić information content (AvgIpc) is 2.20. The summed E-state index contributed by atoms with van der Waals surface area (Å²) in [5, 5.41) is 11.5. The monoisotopic (exact) mass is 289 g/mol. The summed E-state index contributed by atoms with van der Waals surface area (Å²) in [5.74, 6) is -0.715. The van der Waals surface area contributed by atoms with Crippen LogP contribution in [0.3, 0.4) is 0 Å². The van der Waals surface area contributed by atoms with Crippen LogP contribution in [0.15, 0.2) is 22.7 Å². The largest absolute Gasteiger partial charge is 0.392 e. The molecule has 5 heteroatoms. The van der Waals surface area contributed by atoms with E-state index >= 15 is 0 Å². The Labute approximate surface area is 102 Å². The maximum Gasteiger partial charge on any atom is 0.224 e. The van der Waals surface area contributed by atoms with E-state index in [-0.39, 0.29) is 18.9 Å². The van der Waals surface area contributed by atoms with E-state index in [2.05, 4.69) is 21.2 Å². The second-order valence-corrected chi connectivity index (χ2v) is 4.48. The fourth-order valence-corrected chi connectivity index (χ4v) is 1.58. The quantitative estimate of drug-likeness (QED) is 0.885. The number of halogens is 2. The molecule has 1 unspecified atom stereocenters. The van der Waals surface area contributed by atoms with E-state index < -0.39 is 11.9 Å². The standard InChI is InChI=1S/C11H13BrFNO2/c1-7(15)6-14-11(16)5-8-4-9(12)2-3-10(8)13/h2-4,7,15H,5-6H2,1H3,(H,14,16). The van der Waals surface area contributed by atoms with Crippen LogP contribution in [0.2, 0.25) is 0 Å². The first-order chi connectivity index (χ1) is 7.49. The smallest absolute Gasteiger partial charge is 0.224 e. The normalized spacial score (nSPS) is 12.2. The molecule has 16 heavy (non-hydrogen) atoms. The number of amides is 1. The van der Waals surface area contributed by atoms with E-state index in [4.69, 9.17) is 5.11 Å². The molecule has 0 aliphatic rings. The number of hydrogen-bond acceptors (Lipinski definition) is 2. The molecule has 2 N–H and O–H groups in total. The Balaban J connectivity index is 2.59. The van der Waals surface area contributed by atoms with E-state index in [0.717, 1.165) is 4.47 Å². The molecule has 0 bridgehead atoms. The van der Waals surface area contributed by atoms with Crippen LogP contribution in [0, 0.1) is 5.82 Å². The van der Waals surface area contributed by atoms with Crippen molar-refractivity contribution in [3.8, 4) is 0 Å². The molecule has 0 saturated carbocycles. The van der Waals surface area contributed by atoms with Crippen molar-refractivity contribution in [3.63, 3.8) is 0 Å². The Morgan fingerprint density at radius 1 is 1.62 bits per heavy atom. The summed E-state index contributed by atoms with van der Waals surface area (Å²) in [6, 6.07) is 4.45. The molecule has 1 atom stereocenters. The number of aliphatic hydroxyl groups is 1. The zero-order valence-corrected chi connectivity index (χ0v) is 10.4. The van der Waals surface area contributed by atoms with Gasteiger partial charge >= 0.3 is 0 Å². The number of aliphatic hydroxyl groups excluding tert-OH is 1. The molecule has 0 saturated heterocycles. The van der Waals surface area contributed by atoms with Crippen molar-refractivity contribution in [2.24, 2.45) is 0 Å². The van der Waals surface area contributed by atoms with Crippen LogP contribution in [0.5, 0.6) is 0 Å². The van der Waals surface area contributed by atoms with Gasteiger partial charge in [0, 0.05) is 11.0 Å². The maximum absolute atomic E-state index is 13.3. The molecule has 0 spiro atoms. The SMILES string of the molecule is CC(O)CNC(=O)Cc1cc(Br)ccc1F. The van der Waals surface area contributed by atoms with E-state index in [1.165, 1.54) is 6.07 Å². The number of rotatable bonds is 4. The molecule has 1 aromatic carbocycles. The first-order valence-corrected chi connectivity index (χ1v) is 5.67. The number of carbonyl (C=O) groups is 1. The van der Waals surface area contributed by atoms with Gasteiger partial charge in [-0.1, -0.05) is 15.9 Å². The predicted molar refractivity (Wildman–Crippen MR) is 62.5 cm³/mol. The molecule has 0 heterocycles. The lowest BCUT2D eigenvalue weighted by molar-refractivity contribution is -0.120. The van der Waals surface area contributed by atoms with E-state index in [9.17, 15) is 9.18 Å². The molecule has 1 amide bonds. The van der Waals surface area contributed by atoms with Crippen LogP contribution in [0.1, 0.15) is 12.5 Å². The van der Waals surface area contributed by atoms with Gasteiger partial charge in [0.1, 0.15) is 5.82 Å². The van der Waals surface area contributed by atoms with Crippen LogP contribution < -0.4 is 5.32 Å². The van der Waals surface area contributed by atoms with Gasteiger partial charge in [0.05, 0.1) is 12.5 Å². The molecule has 0 fully saturated rings. The zero-order valence-electron chi connectivity index (χ0n) is 8.84. The van der Waals surface area contributed by atoms with Crippen LogP contribution in [0.4, 0.5) is 4.39 Å². The highest BCUT2D eigenvalue weighted by molar-refractivity contribution is 9.10. The Kier molecular flexibility index (Phi) is 4.89. The average molecular weight is 290 g/mol. The lowest BCUT2D eigenvalue weighted by Gasteiger charge is -2.07. The number of carbonyl (C=O) groups excluding carboxylic acids is 1. The van der Waals surface area contributed by atoms with Crippen molar-refractivity contribution in [2.75, 3.05) is 6.54 Å². The molecular weight excluding hydrogens is 277 g/mol. The maximum atomic E-state index is 13.3. The minimum atomic E-state index is -0.601. The van der Waals surface area contributed by atoms with Gasteiger partial charge in [-0.05, 0) is 30.7 Å². The number of nitrogens with one attached hydrogen (secondary N) is 1. The highest BCUT2D eigenvalue weighted by Crippen LogP contribution is 2.15. The lowest BCUT2D eigenvalue weighted by Crippen LogP contribution is -2.31. The fraction of sp³-hybridized carbons (Fsp3) is 0.364. The van der Waals surface area contributed by atoms with Crippen molar-refractivity contribution in [2.45, 2.75) is 19.4 Å².